The van der Waals surface area contributed by atoms with E-state index in [1.54, 1.807) is 0 Å². The molecule has 0 unspecified atom stereocenters. The first-order valence-corrected chi connectivity index (χ1v) is 5.55. The summed E-state index contributed by atoms with van der Waals surface area (Å²) in [6, 6.07) is 6.08. The Balaban J connectivity index is 2.53. The number of halogens is 2. The number of rotatable bonds is 4. The van der Waals surface area contributed by atoms with Crippen LogP contribution < -0.4 is 5.32 Å². The van der Waals surface area contributed by atoms with Gasteiger partial charge in [0, 0.05) is 4.47 Å². The van der Waals surface area contributed by atoms with Crippen molar-refractivity contribution in [1.82, 2.24) is 5.32 Å². The fourth-order valence-corrected chi connectivity index (χ4v) is 1.55. The smallest absolute Gasteiger partial charge is 0.0550 e. The summed E-state index contributed by atoms with van der Waals surface area (Å²) >= 11 is 9.32. The Morgan fingerprint density at radius 1 is 1.46 bits per heavy atom. The standard InChI is InChI=1S/C10H13BrClN/c1-2-13-6-5-8-3-4-9(11)10(12)7-8/h3-4,7,13H,2,5-6H2,1H3. The van der Waals surface area contributed by atoms with Gasteiger partial charge in [-0.05, 0) is 53.1 Å². The van der Waals surface area contributed by atoms with Crippen molar-refractivity contribution in [2.75, 3.05) is 13.1 Å². The quantitative estimate of drug-likeness (QED) is 0.822. The highest BCUT2D eigenvalue weighted by molar-refractivity contribution is 9.10. The highest BCUT2D eigenvalue weighted by Crippen LogP contribution is 2.23. The maximum absolute atomic E-state index is 5.96. The molecule has 1 rings (SSSR count). The van der Waals surface area contributed by atoms with Crippen LogP contribution in [0.3, 0.4) is 0 Å². The highest BCUT2D eigenvalue weighted by atomic mass is 79.9. The maximum Gasteiger partial charge on any atom is 0.0550 e. The lowest BCUT2D eigenvalue weighted by Gasteiger charge is -2.03. The van der Waals surface area contributed by atoms with Crippen molar-refractivity contribution in [3.8, 4) is 0 Å². The van der Waals surface area contributed by atoms with Crippen LogP contribution in [0.2, 0.25) is 5.02 Å². The second-order valence-corrected chi connectivity index (χ2v) is 4.11. The number of nitrogens with one attached hydrogen (secondary N) is 1. The molecule has 1 aromatic carbocycles. The maximum atomic E-state index is 5.96. The molecule has 0 atom stereocenters. The molecule has 0 radical (unpaired) electrons. The summed E-state index contributed by atoms with van der Waals surface area (Å²) in [7, 11) is 0. The van der Waals surface area contributed by atoms with E-state index >= 15 is 0 Å². The zero-order valence-corrected chi connectivity index (χ0v) is 9.95. The zero-order valence-electron chi connectivity index (χ0n) is 7.61. The first-order valence-electron chi connectivity index (χ1n) is 4.38. The van der Waals surface area contributed by atoms with E-state index < -0.39 is 0 Å². The average Bonchev–Trinajstić information content (AvgIpc) is 2.12. The van der Waals surface area contributed by atoms with Crippen LogP contribution in [0.5, 0.6) is 0 Å². The van der Waals surface area contributed by atoms with Gasteiger partial charge in [0.1, 0.15) is 0 Å². The van der Waals surface area contributed by atoms with Crippen LogP contribution in [0.25, 0.3) is 0 Å². The SMILES string of the molecule is CCNCCc1ccc(Br)c(Cl)c1. The highest BCUT2D eigenvalue weighted by Gasteiger charge is 1.98. The van der Waals surface area contributed by atoms with Gasteiger partial charge in [0.2, 0.25) is 0 Å². The Kier molecular flexibility index (Phi) is 4.78. The average molecular weight is 263 g/mol. The lowest BCUT2D eigenvalue weighted by atomic mass is 10.1. The second kappa shape index (κ2) is 5.63. The Morgan fingerprint density at radius 2 is 2.23 bits per heavy atom. The Bertz CT molecular complexity index is 276. The molecule has 3 heteroatoms. The van der Waals surface area contributed by atoms with E-state index in [0.717, 1.165) is 29.0 Å². The van der Waals surface area contributed by atoms with Gasteiger partial charge in [0.05, 0.1) is 5.02 Å². The van der Waals surface area contributed by atoms with E-state index in [-0.39, 0.29) is 0 Å². The molecule has 0 fully saturated rings. The molecule has 0 aliphatic carbocycles. The summed E-state index contributed by atoms with van der Waals surface area (Å²) in [6.07, 6.45) is 1.03. The molecule has 0 bridgehead atoms. The molecule has 0 aliphatic heterocycles. The minimum absolute atomic E-state index is 0.786. The van der Waals surface area contributed by atoms with Crippen LogP contribution in [0.1, 0.15) is 12.5 Å². The Labute approximate surface area is 92.6 Å². The van der Waals surface area contributed by atoms with E-state index in [2.05, 4.69) is 34.2 Å². The normalized spacial score (nSPS) is 10.4. The Morgan fingerprint density at radius 3 is 2.85 bits per heavy atom. The van der Waals surface area contributed by atoms with Crippen LogP contribution >= 0.6 is 27.5 Å². The van der Waals surface area contributed by atoms with Crippen molar-refractivity contribution in [3.05, 3.63) is 33.3 Å². The van der Waals surface area contributed by atoms with E-state index in [0.29, 0.717) is 0 Å². The van der Waals surface area contributed by atoms with Gasteiger partial charge in [-0.2, -0.15) is 0 Å². The molecule has 0 heterocycles. The van der Waals surface area contributed by atoms with E-state index in [1.165, 1.54) is 5.56 Å². The molecule has 1 aromatic rings. The van der Waals surface area contributed by atoms with E-state index in [9.17, 15) is 0 Å². The fraction of sp³-hybridized carbons (Fsp3) is 0.400. The third kappa shape index (κ3) is 3.67. The molecule has 0 amide bonds. The van der Waals surface area contributed by atoms with E-state index in [1.807, 2.05) is 12.1 Å². The summed E-state index contributed by atoms with van der Waals surface area (Å²) in [6.45, 7) is 4.13. The first-order chi connectivity index (χ1) is 6.24. The van der Waals surface area contributed by atoms with E-state index in [4.69, 9.17) is 11.6 Å². The molecule has 13 heavy (non-hydrogen) atoms. The van der Waals surface area contributed by atoms with Crippen molar-refractivity contribution in [3.63, 3.8) is 0 Å². The van der Waals surface area contributed by atoms with Gasteiger partial charge in [0.25, 0.3) is 0 Å². The minimum Gasteiger partial charge on any atom is -0.317 e. The molecule has 72 valence electrons. The van der Waals surface area contributed by atoms with Crippen molar-refractivity contribution in [2.45, 2.75) is 13.3 Å². The van der Waals surface area contributed by atoms with Gasteiger partial charge in [-0.25, -0.2) is 0 Å². The van der Waals surface area contributed by atoms with Gasteiger partial charge in [-0.3, -0.25) is 0 Å². The first kappa shape index (κ1) is 11.0. The summed E-state index contributed by atoms with van der Waals surface area (Å²) in [5.74, 6) is 0. The van der Waals surface area contributed by atoms with Crippen molar-refractivity contribution < 1.29 is 0 Å². The molecular formula is C10H13BrClN. The van der Waals surface area contributed by atoms with Crippen LogP contribution in [0.4, 0.5) is 0 Å². The molecular weight excluding hydrogens is 249 g/mol. The largest absolute Gasteiger partial charge is 0.317 e. The zero-order chi connectivity index (χ0) is 9.68. The topological polar surface area (TPSA) is 12.0 Å². The molecule has 0 spiro atoms. The van der Waals surface area contributed by atoms with Gasteiger partial charge in [-0.15, -0.1) is 0 Å². The van der Waals surface area contributed by atoms with Crippen molar-refractivity contribution in [2.24, 2.45) is 0 Å². The van der Waals surface area contributed by atoms with Gasteiger partial charge < -0.3 is 5.32 Å². The number of hydrogen-bond donors (Lipinski definition) is 1. The van der Waals surface area contributed by atoms with Crippen molar-refractivity contribution in [1.29, 1.82) is 0 Å². The molecule has 0 saturated heterocycles. The third-order valence-corrected chi connectivity index (χ3v) is 3.06. The fourth-order valence-electron chi connectivity index (χ4n) is 1.10. The lowest BCUT2D eigenvalue weighted by molar-refractivity contribution is 0.716. The minimum atomic E-state index is 0.786. The molecule has 0 saturated carbocycles. The molecule has 1 nitrogen and oxygen atoms in total. The summed E-state index contributed by atoms with van der Waals surface area (Å²) in [5.41, 5.74) is 1.27. The van der Waals surface area contributed by atoms with Crippen LogP contribution in [-0.2, 0) is 6.42 Å². The molecule has 0 aromatic heterocycles. The number of likely N-dealkylation sites (N-methyl/N-ethyl adjacent to an activating group) is 1. The summed E-state index contributed by atoms with van der Waals surface area (Å²) in [4.78, 5) is 0. The molecule has 1 N–H and O–H groups in total. The summed E-state index contributed by atoms with van der Waals surface area (Å²) < 4.78 is 0.960. The van der Waals surface area contributed by atoms with Gasteiger partial charge in [0.15, 0.2) is 0 Å². The van der Waals surface area contributed by atoms with Crippen LogP contribution in [0, 0.1) is 0 Å². The van der Waals surface area contributed by atoms with Crippen LogP contribution in [0.15, 0.2) is 22.7 Å². The van der Waals surface area contributed by atoms with Crippen molar-refractivity contribution >= 4 is 27.5 Å². The predicted molar refractivity (Wildman–Crippen MR) is 61.4 cm³/mol. The monoisotopic (exact) mass is 261 g/mol. The lowest BCUT2D eigenvalue weighted by Crippen LogP contribution is -2.15. The molecule has 0 aliphatic rings. The number of benzene rings is 1. The number of hydrogen-bond acceptors (Lipinski definition) is 1. The Hall–Kier alpha value is -0.0500. The third-order valence-electron chi connectivity index (χ3n) is 1.82. The van der Waals surface area contributed by atoms with Crippen LogP contribution in [-0.4, -0.2) is 13.1 Å². The summed E-state index contributed by atoms with van der Waals surface area (Å²) in [5, 5.41) is 4.06. The predicted octanol–water partition coefficient (Wildman–Crippen LogP) is 3.25. The van der Waals surface area contributed by atoms with Gasteiger partial charge >= 0.3 is 0 Å². The second-order valence-electron chi connectivity index (χ2n) is 2.85. The van der Waals surface area contributed by atoms with Gasteiger partial charge in [-0.1, -0.05) is 24.6 Å².